The summed E-state index contributed by atoms with van der Waals surface area (Å²) in [6.45, 7) is 3.49. The maximum Gasteiger partial charge on any atom is 0.347 e. The van der Waals surface area contributed by atoms with E-state index in [0.717, 1.165) is 6.20 Å². The molecule has 0 radical (unpaired) electrons. The summed E-state index contributed by atoms with van der Waals surface area (Å²) in [6.07, 6.45) is 3.01. The topological polar surface area (TPSA) is 90.9 Å². The first-order chi connectivity index (χ1) is 8.17. The van der Waals surface area contributed by atoms with E-state index in [0.29, 0.717) is 17.1 Å². The van der Waals surface area contributed by atoms with Crippen molar-refractivity contribution < 1.29 is 9.72 Å². The maximum absolute atomic E-state index is 10.7. The zero-order valence-corrected chi connectivity index (χ0v) is 9.25. The van der Waals surface area contributed by atoms with Gasteiger partial charge in [0.2, 0.25) is 0 Å². The van der Waals surface area contributed by atoms with Crippen molar-refractivity contribution >= 4 is 29.6 Å². The molecule has 0 spiro atoms. The summed E-state index contributed by atoms with van der Waals surface area (Å²) in [6, 6.07) is 0. The third-order valence-corrected chi connectivity index (χ3v) is 2.84. The highest BCUT2D eigenvalue weighted by Gasteiger charge is 2.21. The number of rotatable bonds is 4. The fourth-order valence-electron chi connectivity index (χ4n) is 1.27. The normalized spacial score (nSPS) is 10.1. The second-order valence-electron chi connectivity index (χ2n) is 2.95. The molecule has 2 aromatic rings. The molecule has 2 rings (SSSR count). The van der Waals surface area contributed by atoms with Crippen molar-refractivity contribution in [2.24, 2.45) is 0 Å². The van der Waals surface area contributed by atoms with E-state index in [2.05, 4.69) is 16.5 Å². The van der Waals surface area contributed by atoms with Gasteiger partial charge >= 0.3 is 5.82 Å². The summed E-state index contributed by atoms with van der Waals surface area (Å²) >= 11 is 1.19. The van der Waals surface area contributed by atoms with Crippen LogP contribution in [-0.4, -0.2) is 25.7 Å². The van der Waals surface area contributed by atoms with Gasteiger partial charge in [0.1, 0.15) is 11.9 Å². The van der Waals surface area contributed by atoms with Gasteiger partial charge in [-0.3, -0.25) is 4.79 Å². The number of aromatic nitrogens is 3. The first-order valence-electron chi connectivity index (χ1n) is 4.42. The first kappa shape index (κ1) is 11.1. The molecule has 0 fully saturated rings. The average Bonchev–Trinajstić information content (AvgIpc) is 2.94. The van der Waals surface area contributed by atoms with E-state index in [1.54, 1.807) is 5.38 Å². The molecule has 0 amide bonds. The van der Waals surface area contributed by atoms with Crippen molar-refractivity contribution in [1.29, 1.82) is 0 Å². The Balaban J connectivity index is 2.55. The molecule has 0 aliphatic rings. The lowest BCUT2D eigenvalue weighted by atomic mass is 10.5. The van der Waals surface area contributed by atoms with Gasteiger partial charge in [-0.15, -0.1) is 11.3 Å². The zero-order valence-electron chi connectivity index (χ0n) is 8.44. The van der Waals surface area contributed by atoms with E-state index in [9.17, 15) is 14.9 Å². The third-order valence-electron chi connectivity index (χ3n) is 1.98. The molecular weight excluding hydrogens is 244 g/mol. The van der Waals surface area contributed by atoms with Crippen LogP contribution >= 0.6 is 11.3 Å². The van der Waals surface area contributed by atoms with E-state index < -0.39 is 4.92 Å². The van der Waals surface area contributed by atoms with Crippen molar-refractivity contribution in [3.05, 3.63) is 34.0 Å². The summed E-state index contributed by atoms with van der Waals surface area (Å²) in [5, 5.41) is 12.7. The third kappa shape index (κ3) is 1.85. The Bertz CT molecular complexity index is 601. The lowest BCUT2D eigenvalue weighted by Gasteiger charge is -1.95. The van der Waals surface area contributed by atoms with E-state index >= 15 is 0 Å². The van der Waals surface area contributed by atoms with Crippen LogP contribution in [0.1, 0.15) is 10.5 Å². The van der Waals surface area contributed by atoms with Gasteiger partial charge in [-0.2, -0.15) is 4.57 Å². The number of thiazole rings is 1. The van der Waals surface area contributed by atoms with E-state index in [1.807, 2.05) is 0 Å². The lowest BCUT2D eigenvalue weighted by Crippen LogP contribution is -1.97. The summed E-state index contributed by atoms with van der Waals surface area (Å²) in [5.74, 6) is 0.0997. The fraction of sp³-hybridized carbons (Fsp3) is 0. The number of hydrogen-bond acceptors (Lipinski definition) is 6. The largest absolute Gasteiger partial charge is 0.358 e. The van der Waals surface area contributed by atoms with Crippen LogP contribution in [0, 0.1) is 10.1 Å². The Morgan fingerprint density at radius 2 is 2.35 bits per heavy atom. The Kier molecular flexibility index (Phi) is 2.79. The van der Waals surface area contributed by atoms with Crippen molar-refractivity contribution in [3.8, 4) is 10.8 Å². The maximum atomic E-state index is 10.7. The molecule has 2 heterocycles. The fourth-order valence-corrected chi connectivity index (χ4v) is 2.02. The molecule has 0 unspecified atom stereocenters. The van der Waals surface area contributed by atoms with Crippen LogP contribution in [0.3, 0.4) is 0 Å². The predicted octanol–water partition coefficient (Wildman–Crippen LogP) is 1.83. The predicted molar refractivity (Wildman–Crippen MR) is 61.8 cm³/mol. The lowest BCUT2D eigenvalue weighted by molar-refractivity contribution is -0.390. The van der Waals surface area contributed by atoms with Gasteiger partial charge in [-0.25, -0.2) is 9.97 Å². The molecular formula is C9H6N4O3S. The van der Waals surface area contributed by atoms with Gasteiger partial charge in [0.25, 0.3) is 5.82 Å². The van der Waals surface area contributed by atoms with Crippen LogP contribution in [-0.2, 0) is 0 Å². The first-order valence-corrected chi connectivity index (χ1v) is 5.30. The minimum absolute atomic E-state index is 0.196. The zero-order chi connectivity index (χ0) is 12.4. The molecule has 0 aliphatic carbocycles. The number of nitro groups is 1. The van der Waals surface area contributed by atoms with Crippen LogP contribution in [0.15, 0.2) is 18.2 Å². The van der Waals surface area contributed by atoms with Gasteiger partial charge in [0.15, 0.2) is 11.3 Å². The molecule has 0 aromatic carbocycles. The number of nitrogens with zero attached hydrogens (tertiary/aromatic N) is 4. The van der Waals surface area contributed by atoms with Gasteiger partial charge in [0, 0.05) is 5.38 Å². The second-order valence-corrected chi connectivity index (χ2v) is 3.80. The van der Waals surface area contributed by atoms with Gasteiger partial charge < -0.3 is 10.1 Å². The number of carbonyl (C=O) groups is 1. The Morgan fingerprint density at radius 1 is 1.59 bits per heavy atom. The van der Waals surface area contributed by atoms with Crippen molar-refractivity contribution in [2.45, 2.75) is 0 Å². The van der Waals surface area contributed by atoms with Gasteiger partial charge in [0.05, 0.1) is 6.20 Å². The molecule has 0 N–H and O–H groups in total. The van der Waals surface area contributed by atoms with Crippen molar-refractivity contribution in [2.75, 3.05) is 0 Å². The summed E-state index contributed by atoms with van der Waals surface area (Å²) < 4.78 is 1.22. The molecule has 0 saturated heterocycles. The highest BCUT2D eigenvalue weighted by atomic mass is 32.1. The van der Waals surface area contributed by atoms with E-state index in [-0.39, 0.29) is 11.5 Å². The number of aldehydes is 1. The number of hydrogen-bond donors (Lipinski definition) is 0. The molecule has 17 heavy (non-hydrogen) atoms. The van der Waals surface area contributed by atoms with Crippen LogP contribution < -0.4 is 0 Å². The van der Waals surface area contributed by atoms with Gasteiger partial charge in [-0.05, 0) is 4.92 Å². The van der Waals surface area contributed by atoms with E-state index in [4.69, 9.17) is 0 Å². The molecule has 86 valence electrons. The van der Waals surface area contributed by atoms with E-state index in [1.165, 1.54) is 22.1 Å². The minimum atomic E-state index is -0.563. The summed E-state index contributed by atoms with van der Waals surface area (Å²) in [5.41, 5.74) is 0.270. The molecule has 7 nitrogen and oxygen atoms in total. The molecule has 0 aliphatic heterocycles. The second kappa shape index (κ2) is 4.26. The monoisotopic (exact) mass is 250 g/mol. The quantitative estimate of drug-likeness (QED) is 0.469. The highest BCUT2D eigenvalue weighted by Crippen LogP contribution is 2.26. The summed E-state index contributed by atoms with van der Waals surface area (Å²) in [4.78, 5) is 28.5. The van der Waals surface area contributed by atoms with Crippen LogP contribution in [0.4, 0.5) is 5.82 Å². The molecule has 0 atom stereocenters. The number of carbonyl (C=O) groups excluding carboxylic acids is 1. The van der Waals surface area contributed by atoms with Crippen LogP contribution in [0.5, 0.6) is 0 Å². The molecule has 0 saturated carbocycles. The Labute approximate surface area is 99.2 Å². The smallest absolute Gasteiger partial charge is 0.347 e. The highest BCUT2D eigenvalue weighted by molar-refractivity contribution is 7.13. The molecule has 2 aromatic heterocycles. The SMILES string of the molecule is C=Cn1c([N+](=O)[O-])cnc1-c1nc(C=O)cs1. The van der Waals surface area contributed by atoms with Crippen LogP contribution in [0.2, 0.25) is 0 Å². The van der Waals surface area contributed by atoms with Crippen molar-refractivity contribution in [3.63, 3.8) is 0 Å². The number of imidazole rings is 1. The Morgan fingerprint density at radius 3 is 2.88 bits per heavy atom. The van der Waals surface area contributed by atoms with Crippen molar-refractivity contribution in [1.82, 2.24) is 14.5 Å². The van der Waals surface area contributed by atoms with Crippen LogP contribution in [0.25, 0.3) is 17.0 Å². The average molecular weight is 250 g/mol. The molecule has 0 bridgehead atoms. The Hall–Kier alpha value is -2.35. The van der Waals surface area contributed by atoms with Gasteiger partial charge in [-0.1, -0.05) is 6.58 Å². The minimum Gasteiger partial charge on any atom is -0.358 e. The molecule has 8 heteroatoms. The standard InChI is InChI=1S/C9H6N4O3S/c1-2-12-7(13(15)16)3-10-8(12)9-11-6(4-14)5-17-9/h2-5H,1H2. The summed E-state index contributed by atoms with van der Waals surface area (Å²) in [7, 11) is 0.